The van der Waals surface area contributed by atoms with Gasteiger partial charge in [-0.1, -0.05) is 18.2 Å². The van der Waals surface area contributed by atoms with Crippen LogP contribution in [0, 0.1) is 0 Å². The van der Waals surface area contributed by atoms with Crippen molar-refractivity contribution in [3.8, 4) is 28.9 Å². The smallest absolute Gasteiger partial charge is 0.412 e. The van der Waals surface area contributed by atoms with Crippen LogP contribution in [0.1, 0.15) is 0 Å². The molecule has 0 aliphatic rings. The van der Waals surface area contributed by atoms with E-state index in [-0.39, 0.29) is 54.5 Å². The molecule has 0 saturated carbocycles. The lowest BCUT2D eigenvalue weighted by molar-refractivity contribution is 0.135. The number of aliphatic hydroxyl groups excluding tert-OH is 1. The van der Waals surface area contributed by atoms with E-state index in [4.69, 9.17) is 28.8 Å². The SMILES string of the molecule is COc1ccccc1Oc1c(NS(=O)(=O)c2ccc(OCCO)cc2)ncnc1OCCOC(=O)Nc1ccccn1. The predicted octanol–water partition coefficient (Wildman–Crippen LogP) is 3.47. The molecule has 1 amide bonds. The maximum atomic E-state index is 13.2. The number of carbonyl (C=O) groups is 1. The third-order valence-electron chi connectivity index (χ3n) is 5.23. The highest BCUT2D eigenvalue weighted by Gasteiger charge is 2.23. The van der Waals surface area contributed by atoms with Gasteiger partial charge in [-0.25, -0.2) is 23.2 Å². The Hall–Kier alpha value is -5.15. The maximum Gasteiger partial charge on any atom is 0.412 e. The average molecular weight is 598 g/mol. The summed E-state index contributed by atoms with van der Waals surface area (Å²) < 4.78 is 56.2. The summed E-state index contributed by atoms with van der Waals surface area (Å²) in [5.74, 6) is 0.778. The van der Waals surface area contributed by atoms with E-state index in [0.717, 1.165) is 6.33 Å². The Morgan fingerprint density at radius 1 is 0.881 bits per heavy atom. The van der Waals surface area contributed by atoms with Gasteiger partial charge in [-0.15, -0.1) is 0 Å². The van der Waals surface area contributed by atoms with Crippen LogP contribution in [0.5, 0.6) is 28.9 Å². The molecule has 42 heavy (non-hydrogen) atoms. The average Bonchev–Trinajstić information content (AvgIpc) is 3.00. The number of hydrogen-bond acceptors (Lipinski definition) is 12. The summed E-state index contributed by atoms with van der Waals surface area (Å²) in [7, 11) is -2.71. The Bertz CT molecular complexity index is 1570. The number of nitrogens with one attached hydrogen (secondary N) is 2. The summed E-state index contributed by atoms with van der Waals surface area (Å²) in [4.78, 5) is 24.1. The second-order valence-corrected chi connectivity index (χ2v) is 9.77. The van der Waals surface area contributed by atoms with Crippen molar-refractivity contribution in [2.45, 2.75) is 4.90 Å². The zero-order valence-corrected chi connectivity index (χ0v) is 23.1. The summed E-state index contributed by atoms with van der Waals surface area (Å²) in [6, 6.07) is 17.3. The lowest BCUT2D eigenvalue weighted by atomic mass is 10.3. The third kappa shape index (κ3) is 8.18. The van der Waals surface area contributed by atoms with Gasteiger partial charge in [0.1, 0.15) is 37.7 Å². The van der Waals surface area contributed by atoms with Gasteiger partial charge in [-0.05, 0) is 48.5 Å². The molecule has 3 N–H and O–H groups in total. The minimum absolute atomic E-state index is 0.0671. The van der Waals surface area contributed by atoms with Crippen LogP contribution in [-0.4, -0.2) is 68.1 Å². The van der Waals surface area contributed by atoms with Crippen molar-refractivity contribution >= 4 is 27.8 Å². The number of benzene rings is 2. The van der Waals surface area contributed by atoms with Gasteiger partial charge < -0.3 is 28.8 Å². The third-order valence-corrected chi connectivity index (χ3v) is 6.58. The summed E-state index contributed by atoms with van der Waals surface area (Å²) in [5, 5.41) is 11.4. The van der Waals surface area contributed by atoms with Crippen LogP contribution in [0.3, 0.4) is 0 Å². The molecule has 2 aromatic heterocycles. The fourth-order valence-corrected chi connectivity index (χ4v) is 4.37. The molecule has 14 nitrogen and oxygen atoms in total. The first-order valence-electron chi connectivity index (χ1n) is 12.4. The van der Waals surface area contributed by atoms with Gasteiger partial charge in [0.25, 0.3) is 15.9 Å². The molecule has 0 fully saturated rings. The van der Waals surface area contributed by atoms with E-state index in [9.17, 15) is 13.2 Å². The summed E-state index contributed by atoms with van der Waals surface area (Å²) in [5.41, 5.74) is 0. The normalized spacial score (nSPS) is 10.8. The van der Waals surface area contributed by atoms with Crippen molar-refractivity contribution in [3.05, 3.63) is 79.3 Å². The molecule has 15 heteroatoms. The fraction of sp³-hybridized carbons (Fsp3) is 0.185. The largest absolute Gasteiger partial charge is 0.493 e. The molecular formula is C27H27N5O9S. The van der Waals surface area contributed by atoms with E-state index in [0.29, 0.717) is 17.3 Å². The predicted molar refractivity (Wildman–Crippen MR) is 150 cm³/mol. The topological polar surface area (TPSA) is 180 Å². The van der Waals surface area contributed by atoms with Crippen molar-refractivity contribution in [3.63, 3.8) is 0 Å². The first kappa shape index (κ1) is 29.8. The van der Waals surface area contributed by atoms with E-state index in [2.05, 4.69) is 25.0 Å². The monoisotopic (exact) mass is 597 g/mol. The van der Waals surface area contributed by atoms with Crippen LogP contribution in [0.15, 0.2) is 84.1 Å². The molecule has 2 aromatic carbocycles. The quantitative estimate of drug-likeness (QED) is 0.180. The molecule has 0 aliphatic carbocycles. The minimum atomic E-state index is -4.16. The summed E-state index contributed by atoms with van der Waals surface area (Å²) in [6.07, 6.45) is 1.86. The zero-order chi connectivity index (χ0) is 29.8. The Balaban J connectivity index is 1.52. The van der Waals surface area contributed by atoms with E-state index >= 15 is 0 Å². The molecule has 220 valence electrons. The molecule has 0 atom stereocenters. The van der Waals surface area contributed by atoms with Gasteiger partial charge >= 0.3 is 6.09 Å². The highest BCUT2D eigenvalue weighted by Crippen LogP contribution is 2.39. The van der Waals surface area contributed by atoms with E-state index in [1.807, 2.05) is 0 Å². The van der Waals surface area contributed by atoms with Crippen LogP contribution < -0.4 is 29.0 Å². The first-order chi connectivity index (χ1) is 20.4. The molecule has 0 bridgehead atoms. The highest BCUT2D eigenvalue weighted by molar-refractivity contribution is 7.92. The fourth-order valence-electron chi connectivity index (χ4n) is 3.35. The molecule has 4 aromatic rings. The number of methoxy groups -OCH3 is 1. The number of ether oxygens (including phenoxy) is 5. The molecule has 0 saturated heterocycles. The number of hydrogen-bond donors (Lipinski definition) is 3. The van der Waals surface area contributed by atoms with Crippen molar-refractivity contribution in [1.29, 1.82) is 0 Å². The van der Waals surface area contributed by atoms with Crippen LogP contribution in [0.2, 0.25) is 0 Å². The number of anilines is 2. The van der Waals surface area contributed by atoms with Gasteiger partial charge in [0, 0.05) is 6.20 Å². The van der Waals surface area contributed by atoms with E-state index < -0.39 is 16.1 Å². The Morgan fingerprint density at radius 3 is 2.36 bits per heavy atom. The lowest BCUT2D eigenvalue weighted by Crippen LogP contribution is -2.19. The van der Waals surface area contributed by atoms with Gasteiger partial charge in [-0.3, -0.25) is 10.0 Å². The van der Waals surface area contributed by atoms with E-state index in [1.54, 1.807) is 42.5 Å². The number of aliphatic hydroxyl groups is 1. The second-order valence-electron chi connectivity index (χ2n) is 8.08. The highest BCUT2D eigenvalue weighted by atomic mass is 32.2. The van der Waals surface area contributed by atoms with Crippen molar-refractivity contribution < 1.29 is 42.0 Å². The van der Waals surface area contributed by atoms with Crippen LogP contribution >= 0.6 is 0 Å². The van der Waals surface area contributed by atoms with Crippen LogP contribution in [0.4, 0.5) is 16.4 Å². The number of sulfonamides is 1. The Kier molecular flexibility index (Phi) is 10.3. The Morgan fingerprint density at radius 2 is 1.64 bits per heavy atom. The molecule has 0 radical (unpaired) electrons. The van der Waals surface area contributed by atoms with E-state index in [1.165, 1.54) is 37.6 Å². The minimum Gasteiger partial charge on any atom is -0.493 e. The molecule has 0 unspecified atom stereocenters. The number of pyridine rings is 1. The van der Waals surface area contributed by atoms with Gasteiger partial charge in [0.15, 0.2) is 17.3 Å². The van der Waals surface area contributed by atoms with Crippen molar-refractivity contribution in [1.82, 2.24) is 15.0 Å². The Labute approximate surface area is 241 Å². The van der Waals surface area contributed by atoms with Crippen LogP contribution in [-0.2, 0) is 14.8 Å². The second kappa shape index (κ2) is 14.5. The van der Waals surface area contributed by atoms with Gasteiger partial charge in [0.05, 0.1) is 18.6 Å². The standard InChI is InChI=1S/C27H27N5O9S/c1-37-21-6-2-3-7-22(21)41-24-25(32-42(35,36)20-11-9-19(10-12-20)38-15-14-33)29-18-30-26(24)39-16-17-40-27(34)31-23-8-4-5-13-28-23/h2-13,18,33H,14-17H2,1H3,(H,28,31,34)(H,29,30,32). The first-order valence-corrected chi connectivity index (χ1v) is 13.9. The molecule has 0 spiro atoms. The molecule has 4 rings (SSSR count). The lowest BCUT2D eigenvalue weighted by Gasteiger charge is -2.17. The molecular weight excluding hydrogens is 570 g/mol. The number of rotatable bonds is 14. The summed E-state index contributed by atoms with van der Waals surface area (Å²) in [6.45, 7) is -0.449. The number of aromatic nitrogens is 3. The van der Waals surface area contributed by atoms with Gasteiger partial charge in [-0.2, -0.15) is 4.98 Å². The zero-order valence-electron chi connectivity index (χ0n) is 22.3. The van der Waals surface area contributed by atoms with Gasteiger partial charge in [0.2, 0.25) is 5.75 Å². The number of carbonyl (C=O) groups excluding carboxylic acids is 1. The number of para-hydroxylation sites is 2. The number of amides is 1. The summed E-state index contributed by atoms with van der Waals surface area (Å²) >= 11 is 0. The molecule has 0 aliphatic heterocycles. The van der Waals surface area contributed by atoms with Crippen LogP contribution in [0.25, 0.3) is 0 Å². The van der Waals surface area contributed by atoms with Crippen molar-refractivity contribution in [2.24, 2.45) is 0 Å². The maximum absolute atomic E-state index is 13.2. The molecule has 2 heterocycles. The van der Waals surface area contributed by atoms with Crippen molar-refractivity contribution in [2.75, 3.05) is 43.6 Å². The number of nitrogens with zero attached hydrogens (tertiary/aromatic N) is 3.